The van der Waals surface area contributed by atoms with Crippen LogP contribution in [0.15, 0.2) is 90.3 Å². The van der Waals surface area contributed by atoms with Crippen LogP contribution in [-0.2, 0) is 17.5 Å². The Hall–Kier alpha value is -5.62. The van der Waals surface area contributed by atoms with Gasteiger partial charge in [-0.3, -0.25) is 10.2 Å². The maximum atomic E-state index is 13.6. The number of alkyl halides is 3. The number of carbonyl (C=O) groups is 1. The molecular weight excluding hydrogens is 535 g/mol. The van der Waals surface area contributed by atoms with Gasteiger partial charge in [0, 0.05) is 11.4 Å². The number of halogens is 3. The van der Waals surface area contributed by atoms with Gasteiger partial charge in [-0.25, -0.2) is 14.3 Å². The van der Waals surface area contributed by atoms with E-state index >= 15 is 0 Å². The van der Waals surface area contributed by atoms with Gasteiger partial charge in [0.2, 0.25) is 11.6 Å². The number of allylic oxidation sites excluding steroid dienone is 2. The van der Waals surface area contributed by atoms with Crippen LogP contribution in [0.3, 0.4) is 0 Å². The largest absolute Gasteiger partial charge is 0.444 e. The van der Waals surface area contributed by atoms with Crippen molar-refractivity contribution in [2.45, 2.75) is 25.7 Å². The molecule has 4 aromatic rings. The quantitative estimate of drug-likeness (QED) is 0.272. The van der Waals surface area contributed by atoms with Gasteiger partial charge in [0.15, 0.2) is 0 Å². The minimum absolute atomic E-state index is 0.00694. The fraction of sp³-hybridized carbons (Fsp3) is 0.138. The number of hydrogen-bond acceptors (Lipinski definition) is 6. The van der Waals surface area contributed by atoms with E-state index in [1.807, 2.05) is 12.1 Å². The van der Waals surface area contributed by atoms with Crippen molar-refractivity contribution in [2.24, 2.45) is 0 Å². The molecule has 1 N–H and O–H groups in total. The van der Waals surface area contributed by atoms with Gasteiger partial charge in [0.05, 0.1) is 23.8 Å². The molecule has 1 aromatic heterocycles. The molecule has 41 heavy (non-hydrogen) atoms. The van der Waals surface area contributed by atoms with E-state index in [4.69, 9.17) is 11.3 Å². The molecular formula is C29H20F3N7O2. The highest BCUT2D eigenvalue weighted by Crippen LogP contribution is 2.44. The first-order chi connectivity index (χ1) is 19.7. The molecule has 0 unspecified atom stereocenters. The van der Waals surface area contributed by atoms with Gasteiger partial charge in [-0.1, -0.05) is 48.5 Å². The van der Waals surface area contributed by atoms with Gasteiger partial charge in [-0.2, -0.15) is 23.4 Å². The molecule has 204 valence electrons. The molecule has 0 saturated heterocycles. The van der Waals surface area contributed by atoms with Gasteiger partial charge in [0.25, 0.3) is 5.95 Å². The van der Waals surface area contributed by atoms with Gasteiger partial charge < -0.3 is 4.74 Å². The molecule has 0 bridgehead atoms. The van der Waals surface area contributed by atoms with Crippen LogP contribution in [0.25, 0.3) is 4.85 Å². The Morgan fingerprint density at radius 1 is 1.12 bits per heavy atom. The first-order valence-electron chi connectivity index (χ1n) is 12.2. The number of rotatable bonds is 5. The van der Waals surface area contributed by atoms with Crippen molar-refractivity contribution < 1.29 is 22.7 Å². The van der Waals surface area contributed by atoms with E-state index in [0.29, 0.717) is 16.8 Å². The lowest BCUT2D eigenvalue weighted by atomic mass is 9.99. The summed E-state index contributed by atoms with van der Waals surface area (Å²) in [6.07, 6.45) is -5.44. The topological polar surface area (TPSA) is 100 Å². The zero-order chi connectivity index (χ0) is 29.1. The SMILES string of the molecule is [C-]#[N+]C1=C(C)N(c2cccc(C(F)(F)F)c2)c2nc(NC(=O)OCc3ccccc3)nn2[C@@H]1c1ccc(C#N)cc1. The Morgan fingerprint density at radius 3 is 2.51 bits per heavy atom. The summed E-state index contributed by atoms with van der Waals surface area (Å²) in [5, 5.41) is 16.1. The maximum absolute atomic E-state index is 13.6. The second kappa shape index (κ2) is 10.9. The van der Waals surface area contributed by atoms with Crippen molar-refractivity contribution in [3.05, 3.63) is 124 Å². The lowest BCUT2D eigenvalue weighted by Gasteiger charge is -2.34. The van der Waals surface area contributed by atoms with E-state index in [9.17, 15) is 23.2 Å². The van der Waals surface area contributed by atoms with Crippen molar-refractivity contribution in [2.75, 3.05) is 10.2 Å². The number of anilines is 3. The van der Waals surface area contributed by atoms with Crippen LogP contribution < -0.4 is 10.2 Å². The summed E-state index contributed by atoms with van der Waals surface area (Å²) in [7, 11) is 0. The second-order valence-electron chi connectivity index (χ2n) is 8.97. The van der Waals surface area contributed by atoms with Crippen LogP contribution in [0, 0.1) is 17.9 Å². The zero-order valence-electron chi connectivity index (χ0n) is 21.4. The van der Waals surface area contributed by atoms with E-state index in [1.165, 1.54) is 21.7 Å². The minimum atomic E-state index is -4.60. The summed E-state index contributed by atoms with van der Waals surface area (Å²) in [6.45, 7) is 9.53. The normalized spacial score (nSPS) is 14.6. The minimum Gasteiger partial charge on any atom is -0.444 e. The third kappa shape index (κ3) is 5.44. The molecule has 5 rings (SSSR count). The molecule has 1 aliphatic rings. The molecule has 0 saturated carbocycles. The molecule has 0 fully saturated rings. The number of fused-ring (bicyclic) bond motifs is 1. The maximum Gasteiger partial charge on any atom is 0.416 e. The molecule has 2 heterocycles. The number of nitrogens with zero attached hydrogens (tertiary/aromatic N) is 6. The van der Waals surface area contributed by atoms with E-state index in [-0.39, 0.29) is 29.9 Å². The molecule has 0 radical (unpaired) electrons. The molecule has 1 amide bonds. The van der Waals surface area contributed by atoms with E-state index in [2.05, 4.69) is 20.2 Å². The Labute approximate surface area is 232 Å². The van der Waals surface area contributed by atoms with Crippen LogP contribution in [0.1, 0.15) is 35.2 Å². The molecule has 12 heteroatoms. The Bertz CT molecular complexity index is 1720. The highest BCUT2D eigenvalue weighted by molar-refractivity contribution is 5.82. The highest BCUT2D eigenvalue weighted by Gasteiger charge is 2.38. The number of carbonyl (C=O) groups excluding carboxylic acids is 1. The lowest BCUT2D eigenvalue weighted by Crippen LogP contribution is -2.30. The predicted molar refractivity (Wildman–Crippen MR) is 142 cm³/mol. The van der Waals surface area contributed by atoms with Crippen LogP contribution in [-0.4, -0.2) is 20.9 Å². The number of ether oxygens (including phenoxy) is 1. The Morgan fingerprint density at radius 2 is 1.85 bits per heavy atom. The zero-order valence-corrected chi connectivity index (χ0v) is 21.4. The van der Waals surface area contributed by atoms with Crippen molar-refractivity contribution in [3.8, 4) is 6.07 Å². The Kier molecular flexibility index (Phi) is 7.15. The van der Waals surface area contributed by atoms with Crippen LogP contribution in [0.2, 0.25) is 0 Å². The number of benzene rings is 3. The first-order valence-corrected chi connectivity index (χ1v) is 12.2. The van der Waals surface area contributed by atoms with Gasteiger partial charge in [-0.15, -0.1) is 5.10 Å². The molecule has 3 aromatic carbocycles. The third-order valence-electron chi connectivity index (χ3n) is 6.36. The first kappa shape index (κ1) is 27.0. The van der Waals surface area contributed by atoms with Gasteiger partial charge in [-0.05, 0) is 48.4 Å². The van der Waals surface area contributed by atoms with Gasteiger partial charge >= 0.3 is 12.3 Å². The standard InChI is InChI=1S/C29H20F3N7O2/c1-18-24(34-2)25(21-13-11-19(16-33)12-14-21)39-27(38(18)23-10-6-9-22(15-23)29(30,31)32)35-26(37-39)36-28(40)41-17-20-7-4-3-5-8-20/h3-15,25H,17H2,1H3,(H,36,37,40)/t25-/m1/s1. The molecule has 0 spiro atoms. The monoisotopic (exact) mass is 555 g/mol. The van der Waals surface area contributed by atoms with Gasteiger partial charge in [0.1, 0.15) is 12.6 Å². The van der Waals surface area contributed by atoms with Crippen LogP contribution in [0.4, 0.5) is 35.5 Å². The fourth-order valence-corrected chi connectivity index (χ4v) is 4.43. The number of hydrogen-bond donors (Lipinski definition) is 1. The molecule has 9 nitrogen and oxygen atoms in total. The predicted octanol–water partition coefficient (Wildman–Crippen LogP) is 6.81. The number of amides is 1. The smallest absolute Gasteiger partial charge is 0.416 e. The van der Waals surface area contributed by atoms with Crippen LogP contribution in [0.5, 0.6) is 0 Å². The van der Waals surface area contributed by atoms with Crippen molar-refractivity contribution in [3.63, 3.8) is 0 Å². The summed E-state index contributed by atoms with van der Waals surface area (Å²) in [5.41, 5.74) is 1.47. The average molecular weight is 556 g/mol. The molecule has 1 aliphatic heterocycles. The number of nitriles is 1. The third-order valence-corrected chi connectivity index (χ3v) is 6.36. The summed E-state index contributed by atoms with van der Waals surface area (Å²) in [5.74, 6) is -0.102. The summed E-state index contributed by atoms with van der Waals surface area (Å²) < 4.78 is 47.3. The highest BCUT2D eigenvalue weighted by atomic mass is 19.4. The van der Waals surface area contributed by atoms with Crippen molar-refractivity contribution >= 4 is 23.7 Å². The van der Waals surface area contributed by atoms with Crippen molar-refractivity contribution in [1.82, 2.24) is 14.8 Å². The van der Waals surface area contributed by atoms with Crippen molar-refractivity contribution in [1.29, 1.82) is 5.26 Å². The Balaban J connectivity index is 1.57. The molecule has 1 atom stereocenters. The summed E-state index contributed by atoms with van der Waals surface area (Å²) in [4.78, 5) is 22.1. The average Bonchev–Trinajstić information content (AvgIpc) is 3.38. The lowest BCUT2D eigenvalue weighted by molar-refractivity contribution is -0.137. The second-order valence-corrected chi connectivity index (χ2v) is 8.97. The van der Waals surface area contributed by atoms with E-state index in [0.717, 1.165) is 17.7 Å². The summed E-state index contributed by atoms with van der Waals surface area (Å²) in [6, 6.07) is 21.3. The fourth-order valence-electron chi connectivity index (χ4n) is 4.43. The van der Waals surface area contributed by atoms with E-state index in [1.54, 1.807) is 55.5 Å². The number of nitrogens with one attached hydrogen (secondary N) is 1. The van der Waals surface area contributed by atoms with E-state index < -0.39 is 23.9 Å². The molecule has 0 aliphatic carbocycles. The van der Waals surface area contributed by atoms with Crippen LogP contribution >= 0.6 is 0 Å². The number of aromatic nitrogens is 3. The summed E-state index contributed by atoms with van der Waals surface area (Å²) >= 11 is 0.